The number of nitrogens with one attached hydrogen (secondary N) is 1. The molecular formula is C19H19F3N2O3S2. The number of carbonyl (C=O) groups is 1. The van der Waals surface area contributed by atoms with Gasteiger partial charge in [0, 0.05) is 29.3 Å². The van der Waals surface area contributed by atoms with E-state index in [1.54, 1.807) is 16.7 Å². The van der Waals surface area contributed by atoms with Crippen LogP contribution in [0.5, 0.6) is 0 Å². The van der Waals surface area contributed by atoms with E-state index in [2.05, 4.69) is 0 Å². The number of alkyl halides is 3. The van der Waals surface area contributed by atoms with E-state index >= 15 is 0 Å². The molecule has 2 aromatic carbocycles. The van der Waals surface area contributed by atoms with Gasteiger partial charge in [-0.2, -0.15) is 33.4 Å². The molecule has 0 spiro atoms. The van der Waals surface area contributed by atoms with Gasteiger partial charge in [-0.05, 0) is 30.7 Å². The summed E-state index contributed by atoms with van der Waals surface area (Å²) in [5.41, 5.74) is -3.55. The van der Waals surface area contributed by atoms with Gasteiger partial charge in [-0.1, -0.05) is 35.9 Å². The Morgan fingerprint density at radius 1 is 1.17 bits per heavy atom. The van der Waals surface area contributed by atoms with Gasteiger partial charge in [0.15, 0.2) is 0 Å². The van der Waals surface area contributed by atoms with Gasteiger partial charge in [0.1, 0.15) is 0 Å². The Kier molecular flexibility index (Phi) is 6.13. The van der Waals surface area contributed by atoms with Crippen LogP contribution in [-0.2, 0) is 10.0 Å². The Balaban J connectivity index is 1.86. The predicted molar refractivity (Wildman–Crippen MR) is 107 cm³/mol. The minimum Gasteiger partial charge on any atom is -0.330 e. The second-order valence-corrected chi connectivity index (χ2v) is 9.46. The van der Waals surface area contributed by atoms with E-state index in [9.17, 15) is 26.4 Å². The lowest BCUT2D eigenvalue weighted by Crippen LogP contribution is -2.40. The van der Waals surface area contributed by atoms with Gasteiger partial charge in [-0.3, -0.25) is 9.52 Å². The zero-order valence-corrected chi connectivity index (χ0v) is 17.1. The number of aryl methyl sites for hydroxylation is 1. The van der Waals surface area contributed by atoms with Crippen LogP contribution in [0.2, 0.25) is 0 Å². The summed E-state index contributed by atoms with van der Waals surface area (Å²) in [5, 5.41) is 0. The van der Waals surface area contributed by atoms with E-state index in [0.29, 0.717) is 12.3 Å². The third-order valence-corrected chi connectivity index (χ3v) is 6.65. The molecule has 1 saturated heterocycles. The minimum absolute atomic E-state index is 0.122. The molecular weight excluding hydrogens is 425 g/mol. The molecule has 5 nitrogen and oxygen atoms in total. The summed E-state index contributed by atoms with van der Waals surface area (Å²) in [6, 6.07) is 12.8. The number of carbonyl (C=O) groups excluding carboxylic acids is 1. The highest BCUT2D eigenvalue weighted by Gasteiger charge is 2.46. The maximum atomic E-state index is 13.1. The van der Waals surface area contributed by atoms with E-state index in [1.165, 1.54) is 22.9 Å². The quantitative estimate of drug-likeness (QED) is 0.768. The van der Waals surface area contributed by atoms with Crippen molar-refractivity contribution in [3.8, 4) is 0 Å². The molecule has 1 fully saturated rings. The van der Waals surface area contributed by atoms with Gasteiger partial charge in [-0.25, -0.2) is 0 Å². The fraction of sp³-hybridized carbons (Fsp3) is 0.316. The van der Waals surface area contributed by atoms with Crippen molar-refractivity contribution >= 4 is 33.4 Å². The van der Waals surface area contributed by atoms with Gasteiger partial charge < -0.3 is 4.90 Å². The van der Waals surface area contributed by atoms with Gasteiger partial charge in [0.05, 0.1) is 6.04 Å². The molecule has 29 heavy (non-hydrogen) atoms. The molecule has 2 aromatic rings. The largest absolute Gasteiger partial charge is 0.516 e. The van der Waals surface area contributed by atoms with Crippen LogP contribution in [0.25, 0.3) is 0 Å². The standard InChI is InChI=1S/C19H19F3N2O3S2/c1-13-5-7-14(8-6-13)17-12-28-10-9-24(17)18(25)15-3-2-4-16(11-15)23-29(26,27)19(20,21)22/h2-8,11,17,23H,9-10,12H2,1H3. The van der Waals surface area contributed by atoms with Gasteiger partial charge >= 0.3 is 15.5 Å². The maximum absolute atomic E-state index is 13.1. The number of hydrogen-bond donors (Lipinski definition) is 1. The number of halogens is 3. The summed E-state index contributed by atoms with van der Waals surface area (Å²) < 4.78 is 62.0. The summed E-state index contributed by atoms with van der Waals surface area (Å²) >= 11 is 1.72. The zero-order chi connectivity index (χ0) is 21.2. The fourth-order valence-corrected chi connectivity index (χ4v) is 4.65. The number of nitrogens with zero attached hydrogens (tertiary/aromatic N) is 1. The minimum atomic E-state index is -5.55. The fourth-order valence-electron chi connectivity index (χ4n) is 3.01. The number of amides is 1. The second kappa shape index (κ2) is 8.27. The van der Waals surface area contributed by atoms with Crippen LogP contribution < -0.4 is 4.72 Å². The number of hydrogen-bond acceptors (Lipinski definition) is 4. The summed E-state index contributed by atoms with van der Waals surface area (Å²) in [6.45, 7) is 2.45. The molecule has 1 amide bonds. The SMILES string of the molecule is Cc1ccc(C2CSCCN2C(=O)c2cccc(NS(=O)(=O)C(F)(F)F)c2)cc1. The zero-order valence-electron chi connectivity index (χ0n) is 15.4. The first-order valence-electron chi connectivity index (χ1n) is 8.73. The topological polar surface area (TPSA) is 66.5 Å². The van der Waals surface area contributed by atoms with E-state index in [0.717, 1.165) is 22.9 Å². The Hall–Kier alpha value is -2.20. The molecule has 0 aliphatic carbocycles. The molecule has 0 saturated carbocycles. The number of anilines is 1. The van der Waals surface area contributed by atoms with Crippen LogP contribution in [0, 0.1) is 6.92 Å². The first-order valence-corrected chi connectivity index (χ1v) is 11.4. The molecule has 156 valence electrons. The highest BCUT2D eigenvalue weighted by atomic mass is 32.2. The molecule has 1 heterocycles. The smallest absolute Gasteiger partial charge is 0.330 e. The molecule has 1 unspecified atom stereocenters. The summed E-state index contributed by atoms with van der Waals surface area (Å²) in [4.78, 5) is 14.8. The van der Waals surface area contributed by atoms with E-state index in [-0.39, 0.29) is 23.2 Å². The van der Waals surface area contributed by atoms with Crippen molar-refractivity contribution < 1.29 is 26.4 Å². The lowest BCUT2D eigenvalue weighted by molar-refractivity contribution is -0.0429. The van der Waals surface area contributed by atoms with Crippen LogP contribution in [0.4, 0.5) is 18.9 Å². The van der Waals surface area contributed by atoms with E-state index in [4.69, 9.17) is 0 Å². The Bertz CT molecular complexity index is 993. The van der Waals surface area contributed by atoms with Crippen molar-refractivity contribution in [2.24, 2.45) is 0 Å². The first-order chi connectivity index (χ1) is 13.6. The maximum Gasteiger partial charge on any atom is 0.516 e. The summed E-state index contributed by atoms with van der Waals surface area (Å²) in [7, 11) is -5.55. The number of thioether (sulfide) groups is 1. The number of rotatable bonds is 4. The van der Waals surface area contributed by atoms with Crippen molar-refractivity contribution in [1.29, 1.82) is 0 Å². The highest BCUT2D eigenvalue weighted by molar-refractivity contribution is 7.99. The Labute approximate surface area is 171 Å². The average molecular weight is 445 g/mol. The molecule has 0 radical (unpaired) electrons. The van der Waals surface area contributed by atoms with Crippen molar-refractivity contribution in [3.05, 3.63) is 65.2 Å². The van der Waals surface area contributed by atoms with Gasteiger partial charge in [-0.15, -0.1) is 0 Å². The predicted octanol–water partition coefficient (Wildman–Crippen LogP) is 4.19. The highest BCUT2D eigenvalue weighted by Crippen LogP contribution is 2.32. The number of sulfonamides is 1. The van der Waals surface area contributed by atoms with Crippen LogP contribution in [0.1, 0.15) is 27.5 Å². The summed E-state index contributed by atoms with van der Waals surface area (Å²) in [5.74, 6) is 1.09. The first kappa shape index (κ1) is 21.5. The van der Waals surface area contributed by atoms with Crippen LogP contribution in [0.3, 0.4) is 0 Å². The Morgan fingerprint density at radius 2 is 1.86 bits per heavy atom. The van der Waals surface area contributed by atoms with Crippen LogP contribution in [-0.4, -0.2) is 42.8 Å². The molecule has 10 heteroatoms. The molecule has 1 N–H and O–H groups in total. The van der Waals surface area contributed by atoms with Crippen molar-refractivity contribution in [3.63, 3.8) is 0 Å². The third-order valence-electron chi connectivity index (χ3n) is 4.52. The van der Waals surface area contributed by atoms with Crippen molar-refractivity contribution in [2.75, 3.05) is 22.8 Å². The van der Waals surface area contributed by atoms with Gasteiger partial charge in [0.25, 0.3) is 5.91 Å². The molecule has 1 aliphatic rings. The van der Waals surface area contributed by atoms with Crippen LogP contribution >= 0.6 is 11.8 Å². The van der Waals surface area contributed by atoms with Gasteiger partial charge in [0.2, 0.25) is 0 Å². The molecule has 1 aliphatic heterocycles. The van der Waals surface area contributed by atoms with E-state index in [1.807, 2.05) is 31.2 Å². The van der Waals surface area contributed by atoms with Crippen LogP contribution in [0.15, 0.2) is 48.5 Å². The average Bonchev–Trinajstić information content (AvgIpc) is 2.67. The third kappa shape index (κ3) is 4.87. The second-order valence-electron chi connectivity index (χ2n) is 6.63. The van der Waals surface area contributed by atoms with E-state index < -0.39 is 15.5 Å². The normalized spacial score (nSPS) is 17.8. The Morgan fingerprint density at radius 3 is 2.52 bits per heavy atom. The molecule has 3 rings (SSSR count). The monoisotopic (exact) mass is 444 g/mol. The summed E-state index contributed by atoms with van der Waals surface area (Å²) in [6.07, 6.45) is 0. The van der Waals surface area contributed by atoms with Crippen molar-refractivity contribution in [2.45, 2.75) is 18.5 Å². The van der Waals surface area contributed by atoms with Crippen molar-refractivity contribution in [1.82, 2.24) is 4.90 Å². The lowest BCUT2D eigenvalue weighted by Gasteiger charge is -2.36. The molecule has 1 atom stereocenters. The molecule has 0 bridgehead atoms. The number of benzene rings is 2. The lowest BCUT2D eigenvalue weighted by atomic mass is 10.0. The molecule has 0 aromatic heterocycles.